The van der Waals surface area contributed by atoms with Crippen LogP contribution in [0.15, 0.2) is 22.7 Å². The highest BCUT2D eigenvalue weighted by atomic mass is 79.9. The fraction of sp³-hybridized carbons (Fsp3) is 0.571. The minimum Gasteiger partial charge on any atom is -0.397 e. The van der Waals surface area contributed by atoms with Gasteiger partial charge in [0.25, 0.3) is 0 Å². The number of anilines is 2. The van der Waals surface area contributed by atoms with Gasteiger partial charge in [-0.15, -0.1) is 0 Å². The summed E-state index contributed by atoms with van der Waals surface area (Å²) in [6.07, 6.45) is 4.09. The lowest BCUT2D eigenvalue weighted by Crippen LogP contribution is -2.55. The van der Waals surface area contributed by atoms with E-state index in [0.717, 1.165) is 29.3 Å². The topological polar surface area (TPSA) is 32.5 Å². The summed E-state index contributed by atoms with van der Waals surface area (Å²) in [5.74, 6) is 0. The first-order valence-electron chi connectivity index (χ1n) is 6.78. The van der Waals surface area contributed by atoms with E-state index in [1.807, 2.05) is 6.07 Å². The van der Waals surface area contributed by atoms with Gasteiger partial charge in [0, 0.05) is 30.1 Å². The first kappa shape index (κ1) is 12.3. The van der Waals surface area contributed by atoms with Gasteiger partial charge in [0.1, 0.15) is 0 Å². The number of rotatable bonds is 1. The average molecular weight is 310 g/mol. The predicted octanol–water partition coefficient (Wildman–Crippen LogP) is 2.71. The molecule has 2 aliphatic heterocycles. The SMILES string of the molecule is Nc1cc(Br)ccc1N1CCN2CCCCC2C1. The number of piperazine rings is 1. The normalized spacial score (nSPS) is 24.9. The van der Waals surface area contributed by atoms with E-state index in [4.69, 9.17) is 5.73 Å². The molecular weight excluding hydrogens is 290 g/mol. The van der Waals surface area contributed by atoms with Gasteiger partial charge in [0.15, 0.2) is 0 Å². The average Bonchev–Trinajstić information content (AvgIpc) is 2.38. The molecule has 0 aromatic heterocycles. The molecule has 0 spiro atoms. The molecule has 1 unspecified atom stereocenters. The van der Waals surface area contributed by atoms with Crippen molar-refractivity contribution in [3.05, 3.63) is 22.7 Å². The molecule has 2 saturated heterocycles. The van der Waals surface area contributed by atoms with Gasteiger partial charge in [0.2, 0.25) is 0 Å². The van der Waals surface area contributed by atoms with E-state index in [1.165, 1.54) is 38.0 Å². The lowest BCUT2D eigenvalue weighted by atomic mass is 9.99. The molecule has 0 saturated carbocycles. The number of piperidine rings is 1. The summed E-state index contributed by atoms with van der Waals surface area (Å²) in [6.45, 7) is 4.70. The van der Waals surface area contributed by atoms with E-state index < -0.39 is 0 Å². The Morgan fingerprint density at radius 1 is 1.17 bits per heavy atom. The molecule has 0 radical (unpaired) electrons. The molecule has 2 heterocycles. The molecule has 3 rings (SSSR count). The Morgan fingerprint density at radius 3 is 2.89 bits per heavy atom. The van der Waals surface area contributed by atoms with Gasteiger partial charge in [-0.3, -0.25) is 4.90 Å². The zero-order valence-electron chi connectivity index (χ0n) is 10.6. The quantitative estimate of drug-likeness (QED) is 0.810. The number of hydrogen-bond donors (Lipinski definition) is 1. The van der Waals surface area contributed by atoms with Gasteiger partial charge in [-0.2, -0.15) is 0 Å². The molecule has 1 aromatic carbocycles. The van der Waals surface area contributed by atoms with Crippen LogP contribution in [0.25, 0.3) is 0 Å². The van der Waals surface area contributed by atoms with Gasteiger partial charge in [-0.1, -0.05) is 22.4 Å². The van der Waals surface area contributed by atoms with Crippen LogP contribution in [0.4, 0.5) is 11.4 Å². The third kappa shape index (κ3) is 2.36. The number of hydrogen-bond acceptors (Lipinski definition) is 3. The summed E-state index contributed by atoms with van der Waals surface area (Å²) < 4.78 is 1.06. The molecular formula is C14H20BrN3. The lowest BCUT2D eigenvalue weighted by molar-refractivity contribution is 0.133. The molecule has 0 bridgehead atoms. The van der Waals surface area contributed by atoms with Crippen molar-refractivity contribution in [3.63, 3.8) is 0 Å². The van der Waals surface area contributed by atoms with E-state index in [0.29, 0.717) is 0 Å². The number of benzene rings is 1. The molecule has 2 aliphatic rings. The van der Waals surface area contributed by atoms with E-state index in [9.17, 15) is 0 Å². The highest BCUT2D eigenvalue weighted by Crippen LogP contribution is 2.30. The van der Waals surface area contributed by atoms with Crippen molar-refractivity contribution >= 4 is 27.3 Å². The molecule has 0 amide bonds. The maximum atomic E-state index is 6.13. The number of nitrogens with zero attached hydrogens (tertiary/aromatic N) is 2. The Bertz CT molecular complexity index is 435. The van der Waals surface area contributed by atoms with Crippen molar-refractivity contribution < 1.29 is 0 Å². The van der Waals surface area contributed by atoms with E-state index in [-0.39, 0.29) is 0 Å². The molecule has 0 aliphatic carbocycles. The molecule has 18 heavy (non-hydrogen) atoms. The monoisotopic (exact) mass is 309 g/mol. The smallest absolute Gasteiger partial charge is 0.0601 e. The van der Waals surface area contributed by atoms with Gasteiger partial charge < -0.3 is 10.6 Å². The molecule has 2 N–H and O–H groups in total. The Balaban J connectivity index is 1.77. The summed E-state index contributed by atoms with van der Waals surface area (Å²) in [7, 11) is 0. The number of halogens is 1. The molecule has 3 nitrogen and oxygen atoms in total. The molecule has 1 atom stereocenters. The summed E-state index contributed by atoms with van der Waals surface area (Å²) in [5, 5.41) is 0. The summed E-state index contributed by atoms with van der Waals surface area (Å²) >= 11 is 3.47. The van der Waals surface area contributed by atoms with E-state index >= 15 is 0 Å². The zero-order chi connectivity index (χ0) is 12.5. The van der Waals surface area contributed by atoms with Crippen LogP contribution in [0, 0.1) is 0 Å². The predicted molar refractivity (Wildman–Crippen MR) is 80.0 cm³/mol. The molecule has 2 fully saturated rings. The molecule has 4 heteroatoms. The standard InChI is InChI=1S/C14H20BrN3/c15-11-4-5-14(13(16)9-11)18-8-7-17-6-2-1-3-12(17)10-18/h4-5,9,12H,1-3,6-8,10,16H2. The van der Waals surface area contributed by atoms with Crippen molar-refractivity contribution in [3.8, 4) is 0 Å². The number of nitrogen functional groups attached to an aromatic ring is 1. The highest BCUT2D eigenvalue weighted by molar-refractivity contribution is 9.10. The Morgan fingerprint density at radius 2 is 2.06 bits per heavy atom. The first-order chi connectivity index (χ1) is 8.74. The minimum atomic E-state index is 0.732. The van der Waals surface area contributed by atoms with Crippen LogP contribution < -0.4 is 10.6 Å². The van der Waals surface area contributed by atoms with Crippen LogP contribution in [0.2, 0.25) is 0 Å². The van der Waals surface area contributed by atoms with Crippen LogP contribution in [0.5, 0.6) is 0 Å². The second kappa shape index (κ2) is 5.10. The highest BCUT2D eigenvalue weighted by Gasteiger charge is 2.29. The first-order valence-corrected chi connectivity index (χ1v) is 7.57. The van der Waals surface area contributed by atoms with Crippen molar-refractivity contribution in [2.75, 3.05) is 36.8 Å². The van der Waals surface area contributed by atoms with Crippen molar-refractivity contribution in [1.29, 1.82) is 0 Å². The fourth-order valence-corrected chi connectivity index (χ4v) is 3.57. The molecule has 98 valence electrons. The van der Waals surface area contributed by atoms with E-state index in [2.05, 4.69) is 37.9 Å². The Hall–Kier alpha value is -0.740. The van der Waals surface area contributed by atoms with Gasteiger partial charge in [0.05, 0.1) is 11.4 Å². The second-order valence-corrected chi connectivity index (χ2v) is 6.25. The van der Waals surface area contributed by atoms with Crippen molar-refractivity contribution in [2.45, 2.75) is 25.3 Å². The van der Waals surface area contributed by atoms with Crippen molar-refractivity contribution in [2.24, 2.45) is 0 Å². The van der Waals surface area contributed by atoms with Crippen LogP contribution in [0.3, 0.4) is 0 Å². The summed E-state index contributed by atoms with van der Waals surface area (Å²) in [4.78, 5) is 5.10. The van der Waals surface area contributed by atoms with Gasteiger partial charge >= 0.3 is 0 Å². The van der Waals surface area contributed by atoms with Gasteiger partial charge in [-0.25, -0.2) is 0 Å². The minimum absolute atomic E-state index is 0.732. The lowest BCUT2D eigenvalue weighted by Gasteiger charge is -2.45. The van der Waals surface area contributed by atoms with Crippen LogP contribution in [-0.4, -0.2) is 37.1 Å². The summed E-state index contributed by atoms with van der Waals surface area (Å²) in [5.41, 5.74) is 8.22. The number of fused-ring (bicyclic) bond motifs is 1. The van der Waals surface area contributed by atoms with E-state index in [1.54, 1.807) is 0 Å². The van der Waals surface area contributed by atoms with Crippen LogP contribution in [0.1, 0.15) is 19.3 Å². The third-order valence-corrected chi connectivity index (χ3v) is 4.66. The fourth-order valence-electron chi connectivity index (χ4n) is 3.19. The molecule has 1 aromatic rings. The Kier molecular flexibility index (Phi) is 3.48. The van der Waals surface area contributed by atoms with Gasteiger partial charge in [-0.05, 0) is 37.6 Å². The Labute approximate surface area is 117 Å². The summed E-state index contributed by atoms with van der Waals surface area (Å²) in [6, 6.07) is 6.95. The number of nitrogens with two attached hydrogens (primary N) is 1. The maximum absolute atomic E-state index is 6.13. The maximum Gasteiger partial charge on any atom is 0.0601 e. The van der Waals surface area contributed by atoms with Crippen LogP contribution >= 0.6 is 15.9 Å². The van der Waals surface area contributed by atoms with Crippen LogP contribution in [-0.2, 0) is 0 Å². The second-order valence-electron chi connectivity index (χ2n) is 5.33. The third-order valence-electron chi connectivity index (χ3n) is 4.17. The zero-order valence-corrected chi connectivity index (χ0v) is 12.2. The largest absolute Gasteiger partial charge is 0.397 e. The van der Waals surface area contributed by atoms with Crippen molar-refractivity contribution in [1.82, 2.24) is 4.90 Å².